The monoisotopic (exact) mass is 240 g/mol. The van der Waals surface area contributed by atoms with Gasteiger partial charge in [0.05, 0.1) is 0 Å². The van der Waals surface area contributed by atoms with E-state index in [-0.39, 0.29) is 0 Å². The molecule has 1 saturated heterocycles. The molecular formula is C15H28S. The summed E-state index contributed by atoms with van der Waals surface area (Å²) in [6, 6.07) is 0. The lowest BCUT2D eigenvalue weighted by Crippen LogP contribution is -2.21. The summed E-state index contributed by atoms with van der Waals surface area (Å²) < 4.78 is 0. The Labute approximate surface area is 106 Å². The van der Waals surface area contributed by atoms with E-state index in [1.807, 2.05) is 0 Å². The molecule has 0 nitrogen and oxygen atoms in total. The van der Waals surface area contributed by atoms with Gasteiger partial charge in [0.2, 0.25) is 0 Å². The second-order valence-electron chi connectivity index (χ2n) is 5.72. The summed E-state index contributed by atoms with van der Waals surface area (Å²) >= 11 is 2.30. The molecule has 1 aliphatic carbocycles. The number of thioether (sulfide) groups is 1. The number of hydrogen-bond acceptors (Lipinski definition) is 1. The Bertz CT molecular complexity index is 162. The van der Waals surface area contributed by atoms with Gasteiger partial charge in [-0.3, -0.25) is 0 Å². The van der Waals surface area contributed by atoms with E-state index in [4.69, 9.17) is 0 Å². The van der Waals surface area contributed by atoms with E-state index in [2.05, 4.69) is 11.8 Å². The number of rotatable bonds is 1. The third kappa shape index (κ3) is 4.31. The molecule has 0 bridgehead atoms. The van der Waals surface area contributed by atoms with Crippen LogP contribution in [0.5, 0.6) is 0 Å². The minimum Gasteiger partial charge on any atom is -0.158 e. The zero-order valence-corrected chi connectivity index (χ0v) is 11.6. The van der Waals surface area contributed by atoms with Crippen molar-refractivity contribution < 1.29 is 0 Å². The van der Waals surface area contributed by atoms with Crippen molar-refractivity contribution in [1.82, 2.24) is 0 Å². The van der Waals surface area contributed by atoms with Gasteiger partial charge in [0, 0.05) is 5.25 Å². The van der Waals surface area contributed by atoms with Gasteiger partial charge < -0.3 is 0 Å². The van der Waals surface area contributed by atoms with E-state index >= 15 is 0 Å². The van der Waals surface area contributed by atoms with Crippen molar-refractivity contribution in [2.24, 2.45) is 5.92 Å². The van der Waals surface area contributed by atoms with Gasteiger partial charge >= 0.3 is 0 Å². The average Bonchev–Trinajstić information content (AvgIpc) is 2.37. The predicted molar refractivity (Wildman–Crippen MR) is 75.1 cm³/mol. The highest BCUT2D eigenvalue weighted by molar-refractivity contribution is 7.99. The highest BCUT2D eigenvalue weighted by Gasteiger charge is 2.23. The Hall–Kier alpha value is 0.350. The summed E-state index contributed by atoms with van der Waals surface area (Å²) in [6.45, 7) is 0. The van der Waals surface area contributed by atoms with Gasteiger partial charge in [0.1, 0.15) is 0 Å². The van der Waals surface area contributed by atoms with Crippen molar-refractivity contribution in [3.05, 3.63) is 0 Å². The molecule has 1 heteroatoms. The van der Waals surface area contributed by atoms with Crippen LogP contribution in [-0.2, 0) is 0 Å². The van der Waals surface area contributed by atoms with E-state index in [0.717, 1.165) is 11.2 Å². The maximum absolute atomic E-state index is 2.30. The second-order valence-corrected chi connectivity index (χ2v) is 7.06. The van der Waals surface area contributed by atoms with E-state index in [1.165, 1.54) is 82.8 Å². The molecule has 16 heavy (non-hydrogen) atoms. The van der Waals surface area contributed by atoms with E-state index < -0.39 is 0 Å². The molecule has 2 aliphatic rings. The molecule has 0 amide bonds. The van der Waals surface area contributed by atoms with E-state index in [9.17, 15) is 0 Å². The van der Waals surface area contributed by atoms with Crippen LogP contribution in [0.15, 0.2) is 0 Å². The summed E-state index contributed by atoms with van der Waals surface area (Å²) in [6.07, 6.45) is 18.1. The van der Waals surface area contributed by atoms with Crippen LogP contribution < -0.4 is 0 Å². The Morgan fingerprint density at radius 3 is 1.69 bits per heavy atom. The fourth-order valence-electron chi connectivity index (χ4n) is 3.35. The first-order valence-electron chi connectivity index (χ1n) is 7.58. The fraction of sp³-hybridized carbons (Fsp3) is 1.00. The van der Waals surface area contributed by atoms with Crippen LogP contribution in [0, 0.1) is 5.92 Å². The van der Waals surface area contributed by atoms with Gasteiger partial charge in [0.15, 0.2) is 0 Å². The molecule has 0 aromatic carbocycles. The highest BCUT2D eigenvalue weighted by Crippen LogP contribution is 2.36. The van der Waals surface area contributed by atoms with Crippen LogP contribution in [-0.4, -0.2) is 11.0 Å². The molecule has 1 aliphatic heterocycles. The summed E-state index contributed by atoms with van der Waals surface area (Å²) in [5.41, 5.74) is 0. The first kappa shape index (κ1) is 12.8. The lowest BCUT2D eigenvalue weighted by atomic mass is 9.88. The molecular weight excluding hydrogens is 212 g/mol. The van der Waals surface area contributed by atoms with Crippen LogP contribution >= 0.6 is 11.8 Å². The first-order valence-corrected chi connectivity index (χ1v) is 8.63. The predicted octanol–water partition coefficient (Wildman–Crippen LogP) is 5.41. The quantitative estimate of drug-likeness (QED) is 0.590. The van der Waals surface area contributed by atoms with Crippen molar-refractivity contribution >= 4 is 11.8 Å². The Morgan fingerprint density at radius 1 is 0.562 bits per heavy atom. The van der Waals surface area contributed by atoms with Crippen LogP contribution in [0.25, 0.3) is 0 Å². The van der Waals surface area contributed by atoms with E-state index in [0.29, 0.717) is 0 Å². The first-order chi connectivity index (χ1) is 7.97. The van der Waals surface area contributed by atoms with Crippen LogP contribution in [0.4, 0.5) is 0 Å². The minimum atomic E-state index is 1.04. The topological polar surface area (TPSA) is 0 Å². The standard InChI is InChI=1S/C15H28S/c1-2-4-6-10-14(11-7-5-3-1)15-12-8-9-13-16-15/h14-15H,1-13H2. The maximum atomic E-state index is 2.30. The van der Waals surface area contributed by atoms with Gasteiger partial charge in [-0.15, -0.1) is 0 Å². The molecule has 0 N–H and O–H groups in total. The fourth-order valence-corrected chi connectivity index (χ4v) is 4.90. The van der Waals surface area contributed by atoms with E-state index in [1.54, 1.807) is 0 Å². The van der Waals surface area contributed by atoms with Crippen LogP contribution in [0.2, 0.25) is 0 Å². The molecule has 1 atom stereocenters. The Morgan fingerprint density at radius 2 is 1.12 bits per heavy atom. The molecule has 1 unspecified atom stereocenters. The van der Waals surface area contributed by atoms with Gasteiger partial charge in [0.25, 0.3) is 0 Å². The zero-order valence-electron chi connectivity index (χ0n) is 10.8. The molecule has 0 spiro atoms. The van der Waals surface area contributed by atoms with Crippen molar-refractivity contribution in [2.45, 2.75) is 82.3 Å². The molecule has 94 valence electrons. The van der Waals surface area contributed by atoms with Crippen molar-refractivity contribution in [2.75, 3.05) is 5.75 Å². The number of hydrogen-bond donors (Lipinski definition) is 0. The maximum Gasteiger partial charge on any atom is 0.00753 e. The highest BCUT2D eigenvalue weighted by atomic mass is 32.2. The zero-order chi connectivity index (χ0) is 11.1. The molecule has 1 saturated carbocycles. The molecule has 0 aromatic rings. The van der Waals surface area contributed by atoms with Gasteiger partial charge in [-0.1, -0.05) is 51.4 Å². The lowest BCUT2D eigenvalue weighted by Gasteiger charge is -2.30. The van der Waals surface area contributed by atoms with Gasteiger partial charge in [-0.25, -0.2) is 0 Å². The van der Waals surface area contributed by atoms with Gasteiger partial charge in [-0.2, -0.15) is 11.8 Å². The molecule has 2 fully saturated rings. The summed E-state index contributed by atoms with van der Waals surface area (Å²) in [4.78, 5) is 0. The van der Waals surface area contributed by atoms with Crippen LogP contribution in [0.1, 0.15) is 77.0 Å². The summed E-state index contributed by atoms with van der Waals surface area (Å²) in [7, 11) is 0. The molecule has 0 aromatic heterocycles. The smallest absolute Gasteiger partial charge is 0.00753 e. The largest absolute Gasteiger partial charge is 0.158 e. The lowest BCUT2D eigenvalue weighted by molar-refractivity contribution is 0.363. The third-order valence-electron chi connectivity index (χ3n) is 4.39. The van der Waals surface area contributed by atoms with Crippen molar-refractivity contribution in [1.29, 1.82) is 0 Å². The third-order valence-corrected chi connectivity index (χ3v) is 5.96. The average molecular weight is 240 g/mol. The summed E-state index contributed by atoms with van der Waals surface area (Å²) in [5.74, 6) is 2.52. The van der Waals surface area contributed by atoms with Crippen LogP contribution in [0.3, 0.4) is 0 Å². The minimum absolute atomic E-state index is 1.04. The Balaban J connectivity index is 1.78. The second kappa shape index (κ2) is 7.63. The molecule has 1 heterocycles. The van der Waals surface area contributed by atoms with Crippen molar-refractivity contribution in [3.8, 4) is 0 Å². The van der Waals surface area contributed by atoms with Crippen molar-refractivity contribution in [3.63, 3.8) is 0 Å². The summed E-state index contributed by atoms with van der Waals surface area (Å²) in [5, 5.41) is 1.04. The Kier molecular flexibility index (Phi) is 6.11. The normalized spacial score (nSPS) is 31.1. The molecule has 0 radical (unpaired) electrons. The SMILES string of the molecule is C1CCCCC(C2CCCCS2)CCCC1. The molecule has 2 rings (SSSR count). The van der Waals surface area contributed by atoms with Gasteiger partial charge in [-0.05, 0) is 37.4 Å².